The van der Waals surface area contributed by atoms with Gasteiger partial charge in [-0.25, -0.2) is 8.42 Å². The summed E-state index contributed by atoms with van der Waals surface area (Å²) in [6, 6.07) is 4.48. The van der Waals surface area contributed by atoms with Gasteiger partial charge < -0.3 is 5.73 Å². The fourth-order valence-corrected chi connectivity index (χ4v) is 2.96. The molecule has 0 heterocycles. The third-order valence-corrected chi connectivity index (χ3v) is 4.44. The first-order valence-corrected chi connectivity index (χ1v) is 6.85. The molecule has 0 atom stereocenters. The van der Waals surface area contributed by atoms with Crippen molar-refractivity contribution in [2.75, 3.05) is 11.6 Å². The summed E-state index contributed by atoms with van der Waals surface area (Å²) >= 11 is 11.2. The van der Waals surface area contributed by atoms with Crippen molar-refractivity contribution in [3.63, 3.8) is 0 Å². The third-order valence-electron chi connectivity index (χ3n) is 1.94. The minimum atomic E-state index is -3.31. The molecule has 1 aromatic rings. The summed E-state index contributed by atoms with van der Waals surface area (Å²) in [6.07, 6.45) is 0. The first-order valence-electron chi connectivity index (χ1n) is 4.28. The van der Waals surface area contributed by atoms with Gasteiger partial charge in [-0.05, 0) is 23.8 Å². The average molecular weight is 268 g/mol. The van der Waals surface area contributed by atoms with Crippen LogP contribution in [0.5, 0.6) is 0 Å². The molecule has 1 aromatic carbocycles. The maximum absolute atomic E-state index is 11.6. The van der Waals surface area contributed by atoms with Crippen LogP contribution in [-0.4, -0.2) is 20.1 Å². The average Bonchev–Trinajstić information content (AvgIpc) is 2.18. The molecule has 0 bridgehead atoms. The highest BCUT2D eigenvalue weighted by Crippen LogP contribution is 2.20. The van der Waals surface area contributed by atoms with Crippen molar-refractivity contribution in [2.45, 2.75) is 11.4 Å². The monoisotopic (exact) mass is 267 g/mol. The van der Waals surface area contributed by atoms with Gasteiger partial charge in [-0.3, -0.25) is 0 Å². The molecule has 2 N–H and O–H groups in total. The van der Waals surface area contributed by atoms with Gasteiger partial charge in [-0.15, -0.1) is 11.6 Å². The van der Waals surface area contributed by atoms with E-state index in [4.69, 9.17) is 28.9 Å². The second-order valence-corrected chi connectivity index (χ2v) is 5.86. The summed E-state index contributed by atoms with van der Waals surface area (Å²) < 4.78 is 23.3. The predicted molar refractivity (Wildman–Crippen MR) is 62.1 cm³/mol. The van der Waals surface area contributed by atoms with Gasteiger partial charge in [0.25, 0.3) is 0 Å². The van der Waals surface area contributed by atoms with Gasteiger partial charge in [-0.1, -0.05) is 11.6 Å². The van der Waals surface area contributed by atoms with Gasteiger partial charge in [-0.2, -0.15) is 0 Å². The molecule has 0 aliphatic heterocycles. The fraction of sp³-hybridized carbons (Fsp3) is 0.333. The van der Waals surface area contributed by atoms with Crippen molar-refractivity contribution in [2.24, 2.45) is 5.73 Å². The maximum atomic E-state index is 11.6. The zero-order chi connectivity index (χ0) is 11.5. The first kappa shape index (κ1) is 12.8. The minimum Gasteiger partial charge on any atom is -0.326 e. The molecule has 0 aliphatic carbocycles. The van der Waals surface area contributed by atoms with E-state index in [0.29, 0.717) is 10.6 Å². The third kappa shape index (κ3) is 3.08. The highest BCUT2D eigenvalue weighted by molar-refractivity contribution is 7.91. The normalized spacial score (nSPS) is 11.7. The van der Waals surface area contributed by atoms with Gasteiger partial charge in [0.15, 0.2) is 9.84 Å². The van der Waals surface area contributed by atoms with Gasteiger partial charge >= 0.3 is 0 Å². The molecule has 3 nitrogen and oxygen atoms in total. The minimum absolute atomic E-state index is 0.0723. The van der Waals surface area contributed by atoms with Crippen LogP contribution < -0.4 is 5.73 Å². The van der Waals surface area contributed by atoms with E-state index in [2.05, 4.69) is 0 Å². The molecule has 0 fully saturated rings. The maximum Gasteiger partial charge on any atom is 0.179 e. The van der Waals surface area contributed by atoms with Gasteiger partial charge in [0.2, 0.25) is 0 Å². The lowest BCUT2D eigenvalue weighted by Gasteiger charge is -2.06. The number of hydrogen-bond donors (Lipinski definition) is 1. The van der Waals surface area contributed by atoms with Crippen LogP contribution in [0.1, 0.15) is 5.56 Å². The summed E-state index contributed by atoms with van der Waals surface area (Å²) in [5.74, 6) is -0.0108. The molecule has 0 unspecified atom stereocenters. The Morgan fingerprint density at radius 3 is 2.53 bits per heavy atom. The lowest BCUT2D eigenvalue weighted by molar-refractivity contribution is 0.597. The number of halogens is 2. The Hall–Kier alpha value is -0.290. The summed E-state index contributed by atoms with van der Waals surface area (Å²) in [5, 5.41) is 0.474. The van der Waals surface area contributed by atoms with E-state index in [1.165, 1.54) is 18.2 Å². The van der Waals surface area contributed by atoms with E-state index in [0.717, 1.165) is 0 Å². The molecule has 0 saturated carbocycles. The molecule has 1 rings (SSSR count). The molecule has 6 heteroatoms. The van der Waals surface area contributed by atoms with Crippen LogP contribution in [0.15, 0.2) is 23.1 Å². The van der Waals surface area contributed by atoms with E-state index in [1.54, 1.807) is 0 Å². The molecule has 0 saturated heterocycles. The van der Waals surface area contributed by atoms with Gasteiger partial charge in [0.1, 0.15) is 0 Å². The second-order valence-electron chi connectivity index (χ2n) is 2.97. The van der Waals surface area contributed by atoms with Crippen molar-refractivity contribution in [1.29, 1.82) is 0 Å². The Morgan fingerprint density at radius 2 is 2.00 bits per heavy atom. The number of benzene rings is 1. The highest BCUT2D eigenvalue weighted by atomic mass is 35.5. The van der Waals surface area contributed by atoms with Gasteiger partial charge in [0.05, 0.1) is 10.6 Å². The summed E-state index contributed by atoms with van der Waals surface area (Å²) in [6.45, 7) is 0.211. The molecule has 0 aromatic heterocycles. The quantitative estimate of drug-likeness (QED) is 0.847. The molecule has 0 radical (unpaired) electrons. The van der Waals surface area contributed by atoms with Crippen molar-refractivity contribution in [3.8, 4) is 0 Å². The van der Waals surface area contributed by atoms with Crippen LogP contribution >= 0.6 is 23.2 Å². The second kappa shape index (κ2) is 5.16. The number of sulfone groups is 1. The topological polar surface area (TPSA) is 60.2 Å². The van der Waals surface area contributed by atoms with Crippen molar-refractivity contribution >= 4 is 33.0 Å². The van der Waals surface area contributed by atoms with Crippen LogP contribution in [0.4, 0.5) is 0 Å². The molecule has 0 amide bonds. The highest BCUT2D eigenvalue weighted by Gasteiger charge is 2.14. The molecule has 0 aliphatic rings. The van der Waals surface area contributed by atoms with Crippen LogP contribution in [0, 0.1) is 0 Å². The Balaban J connectivity index is 3.17. The largest absolute Gasteiger partial charge is 0.326 e. The van der Waals surface area contributed by atoms with E-state index in [-0.39, 0.29) is 23.1 Å². The fourth-order valence-electron chi connectivity index (χ4n) is 1.12. The standard InChI is InChI=1S/C9H11Cl2NO2S/c10-3-4-15(13,14)8-1-2-9(11)7(5-8)6-12/h1-2,5H,3-4,6,12H2. The van der Waals surface area contributed by atoms with Gasteiger partial charge in [0, 0.05) is 17.4 Å². The molecular formula is C9H11Cl2NO2S. The van der Waals surface area contributed by atoms with Crippen LogP contribution in [0.3, 0.4) is 0 Å². The number of nitrogens with two attached hydrogens (primary N) is 1. The predicted octanol–water partition coefficient (Wildman–Crippen LogP) is 1.81. The SMILES string of the molecule is NCc1cc(S(=O)(=O)CCCl)ccc1Cl. The summed E-state index contributed by atoms with van der Waals surface area (Å²) in [7, 11) is -3.31. The molecular weight excluding hydrogens is 257 g/mol. The number of rotatable bonds is 4. The zero-order valence-corrected chi connectivity index (χ0v) is 10.2. The van der Waals surface area contributed by atoms with Crippen molar-refractivity contribution < 1.29 is 8.42 Å². The van der Waals surface area contributed by atoms with E-state index in [1.807, 2.05) is 0 Å². The Labute approximate surface area is 99.1 Å². The van der Waals surface area contributed by atoms with Crippen molar-refractivity contribution in [3.05, 3.63) is 28.8 Å². The van der Waals surface area contributed by atoms with Crippen LogP contribution in [0.2, 0.25) is 5.02 Å². The number of hydrogen-bond acceptors (Lipinski definition) is 3. The summed E-state index contributed by atoms with van der Waals surface area (Å²) in [5.41, 5.74) is 6.05. The molecule has 15 heavy (non-hydrogen) atoms. The Bertz CT molecular complexity index is 445. The van der Waals surface area contributed by atoms with E-state index >= 15 is 0 Å². The zero-order valence-electron chi connectivity index (χ0n) is 7.91. The van der Waals surface area contributed by atoms with Crippen LogP contribution in [0.25, 0.3) is 0 Å². The first-order chi connectivity index (χ1) is 7.01. The van der Waals surface area contributed by atoms with E-state index < -0.39 is 9.84 Å². The van der Waals surface area contributed by atoms with Crippen molar-refractivity contribution in [1.82, 2.24) is 0 Å². The molecule has 84 valence electrons. The summed E-state index contributed by atoms with van der Waals surface area (Å²) in [4.78, 5) is 0.216. The number of alkyl halides is 1. The lowest BCUT2D eigenvalue weighted by Crippen LogP contribution is -2.09. The smallest absolute Gasteiger partial charge is 0.179 e. The van der Waals surface area contributed by atoms with Crippen LogP contribution in [-0.2, 0) is 16.4 Å². The molecule has 0 spiro atoms. The lowest BCUT2D eigenvalue weighted by atomic mass is 10.2. The van der Waals surface area contributed by atoms with E-state index in [9.17, 15) is 8.42 Å². The Morgan fingerprint density at radius 1 is 1.33 bits per heavy atom. The Kier molecular flexibility index (Phi) is 4.40.